The number of hydrogen-bond acceptors (Lipinski definition) is 3. The van der Waals surface area contributed by atoms with Gasteiger partial charge in [0.05, 0.1) is 21.4 Å². The highest BCUT2D eigenvalue weighted by molar-refractivity contribution is 9.11. The molecule has 10 heavy (non-hydrogen) atoms. The summed E-state index contributed by atoms with van der Waals surface area (Å²) >= 11 is 4.69. The molecule has 0 fully saturated rings. The third-order valence-corrected chi connectivity index (χ3v) is 2.61. The van der Waals surface area contributed by atoms with Gasteiger partial charge in [0.15, 0.2) is 0 Å². The Labute approximate surface area is 70.4 Å². The van der Waals surface area contributed by atoms with Crippen LogP contribution in [0.4, 0.5) is 0 Å². The van der Waals surface area contributed by atoms with Crippen LogP contribution in [0.25, 0.3) is 0 Å². The van der Waals surface area contributed by atoms with Crippen molar-refractivity contribution in [3.05, 3.63) is 15.0 Å². The van der Waals surface area contributed by atoms with E-state index in [1.165, 1.54) is 11.3 Å². The molecule has 1 aromatic rings. The standard InChI is InChI=1S/C5H5BrN2OS/c6-5-3(1-4(7)9)8-2-10-5/h2H,1H2,(H2,7,9). The third kappa shape index (κ3) is 1.78. The Bertz CT molecular complexity index is 248. The van der Waals surface area contributed by atoms with E-state index in [1.54, 1.807) is 5.51 Å². The number of aromatic nitrogens is 1. The summed E-state index contributed by atoms with van der Waals surface area (Å²) in [6.45, 7) is 0. The van der Waals surface area contributed by atoms with Gasteiger partial charge >= 0.3 is 0 Å². The van der Waals surface area contributed by atoms with Crippen LogP contribution in [-0.4, -0.2) is 10.9 Å². The van der Waals surface area contributed by atoms with E-state index in [2.05, 4.69) is 20.9 Å². The lowest BCUT2D eigenvalue weighted by molar-refractivity contribution is -0.117. The van der Waals surface area contributed by atoms with Gasteiger partial charge in [-0.05, 0) is 15.9 Å². The van der Waals surface area contributed by atoms with Crippen LogP contribution in [0, 0.1) is 0 Å². The first kappa shape index (κ1) is 7.68. The zero-order valence-electron chi connectivity index (χ0n) is 5.00. The molecule has 0 saturated heterocycles. The van der Waals surface area contributed by atoms with Crippen molar-refractivity contribution in [3.8, 4) is 0 Å². The summed E-state index contributed by atoms with van der Waals surface area (Å²) in [5.74, 6) is -0.355. The van der Waals surface area contributed by atoms with E-state index < -0.39 is 0 Å². The summed E-state index contributed by atoms with van der Waals surface area (Å²) in [4.78, 5) is 14.3. The maximum Gasteiger partial charge on any atom is 0.223 e. The van der Waals surface area contributed by atoms with Gasteiger partial charge in [-0.15, -0.1) is 11.3 Å². The molecule has 54 valence electrons. The molecule has 0 unspecified atom stereocenters. The number of thiazole rings is 1. The molecule has 0 saturated carbocycles. The van der Waals surface area contributed by atoms with Crippen molar-refractivity contribution in [2.75, 3.05) is 0 Å². The Hall–Kier alpha value is -0.420. The van der Waals surface area contributed by atoms with Gasteiger partial charge in [-0.1, -0.05) is 0 Å². The van der Waals surface area contributed by atoms with Gasteiger partial charge in [0.2, 0.25) is 5.91 Å². The monoisotopic (exact) mass is 220 g/mol. The van der Waals surface area contributed by atoms with Gasteiger partial charge in [-0.25, -0.2) is 4.98 Å². The molecule has 0 aliphatic heterocycles. The van der Waals surface area contributed by atoms with Crippen molar-refractivity contribution >= 4 is 33.2 Å². The number of halogens is 1. The lowest BCUT2D eigenvalue weighted by atomic mass is 10.3. The number of amides is 1. The summed E-state index contributed by atoms with van der Waals surface area (Å²) in [6, 6.07) is 0. The molecular weight excluding hydrogens is 216 g/mol. The van der Waals surface area contributed by atoms with Gasteiger partial charge in [0.1, 0.15) is 0 Å². The van der Waals surface area contributed by atoms with E-state index in [-0.39, 0.29) is 12.3 Å². The molecule has 0 aliphatic rings. The predicted octanol–water partition coefficient (Wildman–Crippen LogP) is 0.933. The highest BCUT2D eigenvalue weighted by Gasteiger charge is 2.04. The van der Waals surface area contributed by atoms with Crippen LogP contribution >= 0.6 is 27.3 Å². The highest BCUT2D eigenvalue weighted by atomic mass is 79.9. The van der Waals surface area contributed by atoms with E-state index in [0.717, 1.165) is 9.48 Å². The van der Waals surface area contributed by atoms with Crippen LogP contribution in [0.5, 0.6) is 0 Å². The molecule has 2 N–H and O–H groups in total. The zero-order valence-corrected chi connectivity index (χ0v) is 7.41. The second-order valence-corrected chi connectivity index (χ2v) is 3.89. The number of hydrogen-bond donors (Lipinski definition) is 1. The van der Waals surface area contributed by atoms with Gasteiger partial charge < -0.3 is 5.73 Å². The van der Waals surface area contributed by atoms with Crippen molar-refractivity contribution < 1.29 is 4.79 Å². The molecular formula is C5H5BrN2OS. The fourth-order valence-corrected chi connectivity index (χ4v) is 1.56. The third-order valence-electron chi connectivity index (χ3n) is 0.933. The first-order valence-corrected chi connectivity index (χ1v) is 4.23. The number of primary amides is 1. The molecule has 1 rings (SSSR count). The van der Waals surface area contributed by atoms with Gasteiger partial charge in [0.25, 0.3) is 0 Å². The lowest BCUT2D eigenvalue weighted by Gasteiger charge is -1.89. The average molecular weight is 221 g/mol. The molecule has 0 bridgehead atoms. The minimum Gasteiger partial charge on any atom is -0.369 e. The largest absolute Gasteiger partial charge is 0.369 e. The second kappa shape index (κ2) is 3.12. The number of nitrogens with two attached hydrogens (primary N) is 1. The van der Waals surface area contributed by atoms with Crippen LogP contribution in [0.15, 0.2) is 9.30 Å². The van der Waals surface area contributed by atoms with Gasteiger partial charge in [-0.2, -0.15) is 0 Å². The van der Waals surface area contributed by atoms with E-state index in [9.17, 15) is 4.79 Å². The van der Waals surface area contributed by atoms with Crippen LogP contribution in [0.3, 0.4) is 0 Å². The topological polar surface area (TPSA) is 56.0 Å². The maximum atomic E-state index is 10.4. The van der Waals surface area contributed by atoms with E-state index >= 15 is 0 Å². The second-order valence-electron chi connectivity index (χ2n) is 1.72. The molecule has 1 heterocycles. The van der Waals surface area contributed by atoms with Crippen molar-refractivity contribution in [1.29, 1.82) is 0 Å². The first-order chi connectivity index (χ1) is 4.70. The quantitative estimate of drug-likeness (QED) is 0.807. The fourth-order valence-electron chi connectivity index (χ4n) is 0.535. The smallest absolute Gasteiger partial charge is 0.223 e. The van der Waals surface area contributed by atoms with Crippen molar-refractivity contribution in [3.63, 3.8) is 0 Å². The lowest BCUT2D eigenvalue weighted by Crippen LogP contribution is -2.13. The summed E-state index contributed by atoms with van der Waals surface area (Å²) in [7, 11) is 0. The van der Waals surface area contributed by atoms with E-state index in [1.807, 2.05) is 0 Å². The Kier molecular flexibility index (Phi) is 2.39. The number of rotatable bonds is 2. The summed E-state index contributed by atoms with van der Waals surface area (Å²) in [6.07, 6.45) is 0.212. The van der Waals surface area contributed by atoms with E-state index in [0.29, 0.717) is 0 Å². The molecule has 1 amide bonds. The van der Waals surface area contributed by atoms with Crippen LogP contribution < -0.4 is 5.73 Å². The zero-order chi connectivity index (χ0) is 7.56. The van der Waals surface area contributed by atoms with Crippen LogP contribution in [0.1, 0.15) is 5.69 Å². The van der Waals surface area contributed by atoms with Crippen LogP contribution in [0.2, 0.25) is 0 Å². The number of nitrogens with zero attached hydrogens (tertiary/aromatic N) is 1. The predicted molar refractivity (Wildman–Crippen MR) is 42.7 cm³/mol. The fraction of sp³-hybridized carbons (Fsp3) is 0.200. The summed E-state index contributed by atoms with van der Waals surface area (Å²) < 4.78 is 0.881. The summed E-state index contributed by atoms with van der Waals surface area (Å²) in [5.41, 5.74) is 7.35. The van der Waals surface area contributed by atoms with Gasteiger partial charge in [-0.3, -0.25) is 4.79 Å². The molecule has 0 aliphatic carbocycles. The molecule has 0 aromatic carbocycles. The molecule has 0 spiro atoms. The Balaban J connectivity index is 2.74. The highest BCUT2D eigenvalue weighted by Crippen LogP contribution is 2.20. The molecule has 3 nitrogen and oxygen atoms in total. The number of carbonyl (C=O) groups excluding carboxylic acids is 1. The SMILES string of the molecule is NC(=O)Cc1ncsc1Br. The van der Waals surface area contributed by atoms with E-state index in [4.69, 9.17) is 5.73 Å². The van der Waals surface area contributed by atoms with Crippen molar-refractivity contribution in [2.24, 2.45) is 5.73 Å². The summed E-state index contributed by atoms with van der Waals surface area (Å²) in [5, 5.41) is 0. The first-order valence-electron chi connectivity index (χ1n) is 2.56. The minimum atomic E-state index is -0.355. The van der Waals surface area contributed by atoms with Crippen molar-refractivity contribution in [1.82, 2.24) is 4.98 Å². The van der Waals surface area contributed by atoms with Gasteiger partial charge in [0, 0.05) is 0 Å². The average Bonchev–Trinajstić information content (AvgIpc) is 2.15. The molecule has 0 radical (unpaired) electrons. The Morgan fingerprint density at radius 3 is 3.00 bits per heavy atom. The van der Waals surface area contributed by atoms with Crippen LogP contribution in [-0.2, 0) is 11.2 Å². The number of carbonyl (C=O) groups is 1. The minimum absolute atomic E-state index is 0.212. The Morgan fingerprint density at radius 1 is 1.90 bits per heavy atom. The Morgan fingerprint density at radius 2 is 2.60 bits per heavy atom. The van der Waals surface area contributed by atoms with Crippen molar-refractivity contribution in [2.45, 2.75) is 6.42 Å². The maximum absolute atomic E-state index is 10.4. The molecule has 5 heteroatoms. The molecule has 1 aromatic heterocycles. The molecule has 0 atom stereocenters. The normalized spacial score (nSPS) is 9.70.